The van der Waals surface area contributed by atoms with Crippen LogP contribution in [0.4, 0.5) is 0 Å². The third kappa shape index (κ3) is 5.28. The summed E-state index contributed by atoms with van der Waals surface area (Å²) in [6.07, 6.45) is 0.132. The number of rotatable bonds is 5. The second-order valence-electron chi connectivity index (χ2n) is 7.49. The number of aromatic amines is 1. The number of hydrogen-bond donors (Lipinski definition) is 3. The number of aryl methyl sites for hydroxylation is 1. The van der Waals surface area contributed by atoms with E-state index in [-0.39, 0.29) is 30.7 Å². The Morgan fingerprint density at radius 2 is 1.84 bits per heavy atom. The zero-order valence-corrected chi connectivity index (χ0v) is 18.0. The molecule has 162 valence electrons. The lowest BCUT2D eigenvalue weighted by molar-refractivity contribution is -0.129. The molecule has 0 unspecified atom stereocenters. The largest absolute Gasteiger partial charge is 0.351 e. The molecule has 10 heteroatoms. The van der Waals surface area contributed by atoms with Crippen molar-refractivity contribution in [3.8, 4) is 0 Å². The molecule has 0 saturated carbocycles. The van der Waals surface area contributed by atoms with Crippen LogP contribution in [0, 0.1) is 6.92 Å². The highest BCUT2D eigenvalue weighted by Gasteiger charge is 2.24. The number of benzene rings is 1. The number of fused-ring (bicyclic) bond motifs is 1. The lowest BCUT2D eigenvalue weighted by atomic mass is 10.2. The minimum Gasteiger partial charge on any atom is -0.351 e. The Balaban J connectivity index is 1.20. The van der Waals surface area contributed by atoms with E-state index in [1.807, 2.05) is 47.5 Å². The monoisotopic (exact) mass is 440 g/mol. The van der Waals surface area contributed by atoms with Gasteiger partial charge in [-0.05, 0) is 19.1 Å². The molecule has 1 aliphatic heterocycles. The van der Waals surface area contributed by atoms with Gasteiger partial charge < -0.3 is 9.88 Å². The van der Waals surface area contributed by atoms with E-state index in [1.54, 1.807) is 4.90 Å². The van der Waals surface area contributed by atoms with E-state index in [0.29, 0.717) is 36.9 Å². The summed E-state index contributed by atoms with van der Waals surface area (Å²) in [6.45, 7) is 4.28. The molecule has 1 saturated heterocycles. The lowest BCUT2D eigenvalue weighted by Gasteiger charge is -2.34. The van der Waals surface area contributed by atoms with Crippen molar-refractivity contribution in [2.45, 2.75) is 13.3 Å². The minimum atomic E-state index is -0.309. The molecule has 2 aromatic heterocycles. The molecule has 9 nitrogen and oxygen atoms in total. The van der Waals surface area contributed by atoms with Crippen molar-refractivity contribution in [2.75, 3.05) is 32.7 Å². The number of aromatic nitrogens is 2. The Morgan fingerprint density at radius 3 is 2.55 bits per heavy atom. The van der Waals surface area contributed by atoms with Crippen molar-refractivity contribution in [3.05, 3.63) is 52.1 Å². The molecular weight excluding hydrogens is 416 g/mol. The molecule has 1 aromatic carbocycles. The molecule has 3 heterocycles. The summed E-state index contributed by atoms with van der Waals surface area (Å²) < 4.78 is 0. The highest BCUT2D eigenvalue weighted by molar-refractivity contribution is 7.09. The topological polar surface area (TPSA) is 110 Å². The average molecular weight is 441 g/mol. The van der Waals surface area contributed by atoms with E-state index < -0.39 is 0 Å². The van der Waals surface area contributed by atoms with Crippen molar-refractivity contribution < 1.29 is 14.4 Å². The fourth-order valence-electron chi connectivity index (χ4n) is 3.52. The van der Waals surface area contributed by atoms with Gasteiger partial charge in [-0.1, -0.05) is 18.2 Å². The lowest BCUT2D eigenvalue weighted by Crippen LogP contribution is -2.53. The quantitative estimate of drug-likeness (QED) is 0.514. The van der Waals surface area contributed by atoms with Crippen LogP contribution < -0.4 is 10.9 Å². The minimum absolute atomic E-state index is 0.0370. The standard InChI is InChI=1S/C21H24N6O3S/c1-14-13-31-20(22-14)11-18(28)24-25-19(29)12-26-6-8-27(9-7-26)21(30)17-10-15-4-2-3-5-16(15)23-17/h2-5,10,13,23H,6-9,11-12H2,1H3,(H,24,28)(H,25,29). The van der Waals surface area contributed by atoms with Gasteiger partial charge >= 0.3 is 0 Å². The predicted octanol–water partition coefficient (Wildman–Crippen LogP) is 1.08. The summed E-state index contributed by atoms with van der Waals surface area (Å²) in [7, 11) is 0. The van der Waals surface area contributed by atoms with Crippen molar-refractivity contribution in [1.29, 1.82) is 0 Å². The van der Waals surface area contributed by atoms with E-state index >= 15 is 0 Å². The number of nitrogens with zero attached hydrogens (tertiary/aromatic N) is 3. The van der Waals surface area contributed by atoms with E-state index in [4.69, 9.17) is 0 Å². The van der Waals surface area contributed by atoms with Crippen molar-refractivity contribution in [1.82, 2.24) is 30.6 Å². The maximum atomic E-state index is 12.8. The highest BCUT2D eigenvalue weighted by atomic mass is 32.1. The summed E-state index contributed by atoms with van der Waals surface area (Å²) in [6, 6.07) is 9.65. The molecule has 3 amide bonds. The SMILES string of the molecule is Cc1csc(CC(=O)NNC(=O)CN2CCN(C(=O)c3cc4ccccc4[nH]3)CC2)n1. The highest BCUT2D eigenvalue weighted by Crippen LogP contribution is 2.17. The van der Waals surface area contributed by atoms with Crippen molar-refractivity contribution in [3.63, 3.8) is 0 Å². The Hall–Kier alpha value is -3.24. The van der Waals surface area contributed by atoms with Gasteiger partial charge in [-0.25, -0.2) is 4.98 Å². The molecule has 3 N–H and O–H groups in total. The first kappa shape index (κ1) is 21.0. The van der Waals surface area contributed by atoms with Gasteiger partial charge in [0.25, 0.3) is 11.8 Å². The first-order valence-corrected chi connectivity index (χ1v) is 10.9. The molecule has 31 heavy (non-hydrogen) atoms. The molecule has 0 aliphatic carbocycles. The molecule has 1 fully saturated rings. The number of amides is 3. The number of hydrazine groups is 1. The Kier molecular flexibility index (Phi) is 6.28. The molecule has 0 radical (unpaired) electrons. The number of nitrogens with one attached hydrogen (secondary N) is 3. The number of thiazole rings is 1. The Labute approximate surface area is 183 Å². The van der Waals surface area contributed by atoms with Gasteiger partial charge in [0.05, 0.1) is 13.0 Å². The van der Waals surface area contributed by atoms with Gasteiger partial charge in [-0.2, -0.15) is 0 Å². The van der Waals surface area contributed by atoms with Crippen LogP contribution in [0.15, 0.2) is 35.7 Å². The summed E-state index contributed by atoms with van der Waals surface area (Å²) in [4.78, 5) is 48.0. The van der Waals surface area contributed by atoms with Crippen LogP contribution >= 0.6 is 11.3 Å². The Morgan fingerprint density at radius 1 is 1.10 bits per heavy atom. The number of hydrogen-bond acceptors (Lipinski definition) is 6. The van der Waals surface area contributed by atoms with Gasteiger partial charge in [-0.3, -0.25) is 30.1 Å². The summed E-state index contributed by atoms with van der Waals surface area (Å²) in [5.41, 5.74) is 7.25. The van der Waals surface area contributed by atoms with Crippen LogP contribution in [0.5, 0.6) is 0 Å². The van der Waals surface area contributed by atoms with Crippen LogP contribution in [0.25, 0.3) is 10.9 Å². The normalized spacial score (nSPS) is 14.5. The van der Waals surface area contributed by atoms with E-state index in [2.05, 4.69) is 20.8 Å². The van der Waals surface area contributed by atoms with Gasteiger partial charge in [-0.15, -0.1) is 11.3 Å². The maximum absolute atomic E-state index is 12.8. The van der Waals surface area contributed by atoms with Crippen LogP contribution in [-0.2, 0) is 16.0 Å². The van der Waals surface area contributed by atoms with E-state index in [0.717, 1.165) is 16.6 Å². The second-order valence-corrected chi connectivity index (χ2v) is 8.44. The molecule has 0 atom stereocenters. The van der Waals surface area contributed by atoms with Gasteiger partial charge in [0.1, 0.15) is 10.7 Å². The molecular formula is C21H24N6O3S. The van der Waals surface area contributed by atoms with Crippen LogP contribution in [0.3, 0.4) is 0 Å². The zero-order valence-electron chi connectivity index (χ0n) is 17.2. The van der Waals surface area contributed by atoms with Crippen LogP contribution in [0.2, 0.25) is 0 Å². The number of carbonyl (C=O) groups excluding carboxylic acids is 3. The van der Waals surface area contributed by atoms with Crippen LogP contribution in [0.1, 0.15) is 21.2 Å². The van der Waals surface area contributed by atoms with Gasteiger partial charge in [0.15, 0.2) is 0 Å². The predicted molar refractivity (Wildman–Crippen MR) is 117 cm³/mol. The van der Waals surface area contributed by atoms with E-state index in [1.165, 1.54) is 11.3 Å². The first-order valence-electron chi connectivity index (χ1n) is 10.1. The fourth-order valence-corrected chi connectivity index (χ4v) is 4.29. The smallest absolute Gasteiger partial charge is 0.270 e. The summed E-state index contributed by atoms with van der Waals surface area (Å²) >= 11 is 1.42. The van der Waals surface area contributed by atoms with Crippen molar-refractivity contribution >= 4 is 40.0 Å². The molecule has 0 bridgehead atoms. The Bertz CT molecular complexity index is 1070. The second kappa shape index (κ2) is 9.27. The molecule has 0 spiro atoms. The molecule has 3 aromatic rings. The third-order valence-electron chi connectivity index (χ3n) is 5.11. The zero-order chi connectivity index (χ0) is 21.8. The summed E-state index contributed by atoms with van der Waals surface area (Å²) in [5, 5.41) is 3.59. The maximum Gasteiger partial charge on any atom is 0.270 e. The van der Waals surface area contributed by atoms with Crippen molar-refractivity contribution in [2.24, 2.45) is 0 Å². The molecule has 4 rings (SSSR count). The molecule has 1 aliphatic rings. The average Bonchev–Trinajstić information content (AvgIpc) is 3.38. The summed E-state index contributed by atoms with van der Waals surface area (Å²) in [5.74, 6) is -0.638. The first-order chi connectivity index (χ1) is 15.0. The van der Waals surface area contributed by atoms with Gasteiger partial charge in [0, 0.05) is 48.2 Å². The third-order valence-corrected chi connectivity index (χ3v) is 6.07. The van der Waals surface area contributed by atoms with E-state index in [9.17, 15) is 14.4 Å². The number of carbonyl (C=O) groups is 3. The fraction of sp³-hybridized carbons (Fsp3) is 0.333. The van der Waals surface area contributed by atoms with Gasteiger partial charge in [0.2, 0.25) is 5.91 Å². The number of para-hydroxylation sites is 1. The number of H-pyrrole nitrogens is 1. The van der Waals surface area contributed by atoms with Crippen LogP contribution in [-0.4, -0.2) is 70.2 Å². The number of piperazine rings is 1.